The van der Waals surface area contributed by atoms with Gasteiger partial charge in [-0.05, 0) is 36.8 Å². The third-order valence-corrected chi connectivity index (χ3v) is 11.3. The summed E-state index contributed by atoms with van der Waals surface area (Å²) in [6.45, 7) is 0.233. The van der Waals surface area contributed by atoms with Gasteiger partial charge in [0.15, 0.2) is 0 Å². The summed E-state index contributed by atoms with van der Waals surface area (Å²) in [4.78, 5) is 2.69. The smallest absolute Gasteiger partial charge is 0.285 e. The van der Waals surface area contributed by atoms with Gasteiger partial charge in [0.1, 0.15) is 4.70 Å². The molecule has 0 bridgehead atoms. The van der Waals surface area contributed by atoms with E-state index in [9.17, 15) is 25.3 Å². The Hall–Kier alpha value is -1.43. The molecule has 0 amide bonds. The predicted octanol–water partition coefficient (Wildman–Crippen LogP) is 3.52. The Bertz CT molecular complexity index is 1740. The third-order valence-electron chi connectivity index (χ3n) is 4.99. The molecule has 17 heteroatoms. The van der Waals surface area contributed by atoms with E-state index < -0.39 is 41.8 Å². The van der Waals surface area contributed by atoms with Crippen molar-refractivity contribution >= 4 is 98.4 Å². The topological polar surface area (TPSA) is 142 Å². The first kappa shape index (κ1) is 28.6. The van der Waals surface area contributed by atoms with Gasteiger partial charge >= 0.3 is 0 Å². The van der Waals surface area contributed by atoms with E-state index in [2.05, 4.69) is 0 Å². The van der Waals surface area contributed by atoms with Crippen LogP contribution in [0.15, 0.2) is 46.3 Å². The highest BCUT2D eigenvalue weighted by Crippen LogP contribution is 2.48. The number of thiazole rings is 1. The van der Waals surface area contributed by atoms with Crippen LogP contribution in [0.5, 0.6) is 0 Å². The zero-order chi connectivity index (χ0) is 27.2. The quantitative estimate of drug-likeness (QED) is 0.264. The number of sulfonamides is 2. The van der Waals surface area contributed by atoms with Gasteiger partial charge < -0.3 is 4.90 Å². The van der Waals surface area contributed by atoms with Gasteiger partial charge in [-0.2, -0.15) is 13.0 Å². The molecule has 0 saturated carbocycles. The second-order valence-corrected chi connectivity index (χ2v) is 16.3. The van der Waals surface area contributed by atoms with Crippen LogP contribution in [0, 0.1) is 0 Å². The van der Waals surface area contributed by atoms with E-state index in [-0.39, 0.29) is 13.0 Å². The van der Waals surface area contributed by atoms with Gasteiger partial charge in [-0.25, -0.2) is 16.8 Å². The number of nitrogens with one attached hydrogen (secondary N) is 1. The minimum atomic E-state index is -4.30. The molecule has 200 valence electrons. The van der Waals surface area contributed by atoms with Crippen LogP contribution >= 0.6 is 46.3 Å². The van der Waals surface area contributed by atoms with Crippen molar-refractivity contribution in [2.24, 2.45) is 0 Å². The molecule has 0 spiro atoms. The number of hydrogen-bond acceptors (Lipinski definition) is 9. The summed E-state index contributed by atoms with van der Waals surface area (Å²) in [6.07, 6.45) is 2.61. The number of nitrogens with zero attached hydrogens (tertiary/aromatic N) is 2. The standard InChI is InChI=1S/C20H19Cl2N3O7S5/c1-35(26,27)23-36(28,29)12-25-16-10-14(22)4-6-18(16)34-20(25)11-19-24(7-2-8-37(30,31)32)15-9-13(21)3-5-17(15)33-19/h3-6,9-11,23H,2,7-8,12H2,1H3/p+1. The van der Waals surface area contributed by atoms with Crippen LogP contribution in [0.4, 0.5) is 5.69 Å². The molecular formula is C20H20Cl2N3O7S5+. The summed E-state index contributed by atoms with van der Waals surface area (Å²) in [5.41, 5.74) is 1.23. The van der Waals surface area contributed by atoms with Crippen molar-refractivity contribution in [3.05, 3.63) is 56.5 Å². The largest absolute Gasteiger partial charge is 0.335 e. The lowest BCUT2D eigenvalue weighted by molar-refractivity contribution is -0.648. The molecule has 2 heterocycles. The average Bonchev–Trinajstić information content (AvgIpc) is 3.23. The van der Waals surface area contributed by atoms with Crippen LogP contribution in [0.1, 0.15) is 11.4 Å². The summed E-state index contributed by atoms with van der Waals surface area (Å²) in [5, 5.41) is 1.99. The first-order valence-corrected chi connectivity index (χ1v) is 17.9. The lowest BCUT2D eigenvalue weighted by Gasteiger charge is -2.20. The van der Waals surface area contributed by atoms with Gasteiger partial charge in [-0.15, -0.1) is 4.13 Å². The molecular weight excluding hydrogens is 625 g/mol. The maximum atomic E-state index is 12.7. The van der Waals surface area contributed by atoms with Crippen LogP contribution in [0.3, 0.4) is 0 Å². The molecule has 1 aliphatic rings. The molecule has 2 aromatic carbocycles. The fourth-order valence-electron chi connectivity index (χ4n) is 3.66. The van der Waals surface area contributed by atoms with E-state index in [1.807, 2.05) is 11.0 Å². The monoisotopic (exact) mass is 644 g/mol. The molecule has 1 aliphatic heterocycles. The van der Waals surface area contributed by atoms with Crippen molar-refractivity contribution in [3.63, 3.8) is 0 Å². The first-order chi connectivity index (χ1) is 17.1. The summed E-state index contributed by atoms with van der Waals surface area (Å²) < 4.78 is 84.1. The minimum Gasteiger partial charge on any atom is -0.335 e. The van der Waals surface area contributed by atoms with Crippen molar-refractivity contribution in [1.29, 1.82) is 0 Å². The minimum absolute atomic E-state index is 0.122. The number of aromatic nitrogens is 1. The van der Waals surface area contributed by atoms with Crippen LogP contribution in [0.2, 0.25) is 10.0 Å². The zero-order valence-corrected chi connectivity index (χ0v) is 24.6. The Balaban J connectivity index is 1.80. The van der Waals surface area contributed by atoms with Crippen molar-refractivity contribution in [2.45, 2.75) is 17.2 Å². The number of hydrogen-bond donors (Lipinski definition) is 2. The van der Waals surface area contributed by atoms with E-state index in [0.29, 0.717) is 30.3 Å². The highest BCUT2D eigenvalue weighted by atomic mass is 35.5. The highest BCUT2D eigenvalue weighted by Gasteiger charge is 2.31. The third kappa shape index (κ3) is 7.36. The van der Waals surface area contributed by atoms with E-state index in [1.54, 1.807) is 40.5 Å². The van der Waals surface area contributed by atoms with Gasteiger partial charge in [0.05, 0.1) is 28.8 Å². The predicted molar refractivity (Wildman–Crippen MR) is 148 cm³/mol. The lowest BCUT2D eigenvalue weighted by Crippen LogP contribution is -2.45. The van der Waals surface area contributed by atoms with Crippen LogP contribution < -0.4 is 13.6 Å². The summed E-state index contributed by atoms with van der Waals surface area (Å²) in [6, 6.07) is 10.3. The Morgan fingerprint density at radius 1 is 1.05 bits per heavy atom. The molecule has 37 heavy (non-hydrogen) atoms. The van der Waals surface area contributed by atoms with E-state index >= 15 is 0 Å². The molecule has 3 aromatic rings. The number of anilines is 1. The fraction of sp³-hybridized carbons (Fsp3) is 0.250. The van der Waals surface area contributed by atoms with Gasteiger partial charge in [0.25, 0.3) is 31.0 Å². The number of rotatable bonds is 9. The fourth-order valence-corrected chi connectivity index (χ4v) is 9.51. The second-order valence-electron chi connectivity index (χ2n) is 8.07. The van der Waals surface area contributed by atoms with Crippen molar-refractivity contribution in [3.8, 4) is 0 Å². The molecule has 0 radical (unpaired) electrons. The molecule has 0 fully saturated rings. The molecule has 4 rings (SSSR count). The summed E-state index contributed by atoms with van der Waals surface area (Å²) >= 11 is 15.0. The van der Waals surface area contributed by atoms with Gasteiger partial charge in [-0.1, -0.05) is 46.3 Å². The van der Waals surface area contributed by atoms with Gasteiger partial charge in [-0.3, -0.25) is 4.55 Å². The SMILES string of the molecule is CS(=O)(=O)NS(=O)(=O)C[n+]1c(C=C2Sc3ccc(Cl)cc3N2CCCS(=O)(=O)O)sc2ccc(Cl)cc21. The summed E-state index contributed by atoms with van der Waals surface area (Å²) in [5.74, 6) is -1.13. The molecule has 0 unspecified atom stereocenters. The first-order valence-electron chi connectivity index (χ1n) is 10.4. The summed E-state index contributed by atoms with van der Waals surface area (Å²) in [7, 11) is -12.5. The van der Waals surface area contributed by atoms with Gasteiger partial charge in [0, 0.05) is 27.6 Å². The van der Waals surface area contributed by atoms with E-state index in [0.717, 1.165) is 16.8 Å². The van der Waals surface area contributed by atoms with Crippen molar-refractivity contribution in [1.82, 2.24) is 4.13 Å². The van der Waals surface area contributed by atoms with Crippen LogP contribution in [0.25, 0.3) is 16.3 Å². The molecule has 0 atom stereocenters. The van der Waals surface area contributed by atoms with E-state index in [4.69, 9.17) is 27.8 Å². The van der Waals surface area contributed by atoms with Crippen LogP contribution in [-0.2, 0) is 36.0 Å². The average molecular weight is 646 g/mol. The van der Waals surface area contributed by atoms with Crippen LogP contribution in [-0.4, -0.2) is 48.4 Å². The number of halogens is 2. The number of benzene rings is 2. The zero-order valence-electron chi connectivity index (χ0n) is 19.0. The molecule has 0 saturated heterocycles. The Morgan fingerprint density at radius 2 is 1.73 bits per heavy atom. The van der Waals surface area contributed by atoms with Gasteiger partial charge in [0.2, 0.25) is 15.5 Å². The molecule has 10 nitrogen and oxygen atoms in total. The lowest BCUT2D eigenvalue weighted by atomic mass is 10.2. The number of fused-ring (bicyclic) bond motifs is 2. The Kier molecular flexibility index (Phi) is 8.20. The van der Waals surface area contributed by atoms with Crippen molar-refractivity contribution < 1.29 is 34.4 Å². The molecule has 0 aliphatic carbocycles. The highest BCUT2D eigenvalue weighted by molar-refractivity contribution is 8.04. The van der Waals surface area contributed by atoms with Crippen molar-refractivity contribution in [2.75, 3.05) is 23.5 Å². The Morgan fingerprint density at radius 3 is 2.41 bits per heavy atom. The second kappa shape index (κ2) is 10.6. The molecule has 1 aromatic heterocycles. The maximum Gasteiger partial charge on any atom is 0.285 e. The normalized spacial score (nSPS) is 15.6. The molecule has 2 N–H and O–H groups in total. The number of thioether (sulfide) groups is 1. The van der Waals surface area contributed by atoms with E-state index in [1.165, 1.54) is 27.7 Å². The Labute approximate surface area is 232 Å². The maximum absolute atomic E-state index is 12.7.